The van der Waals surface area contributed by atoms with E-state index in [1.54, 1.807) is 11.8 Å². The standard InChI is InChI=1S/C20H32N2O4/c1-2-26-20(25)17-11-14-22(15-12-17)19(24)9-8-18(23)21-13-10-16-6-4-3-5-7-16/h6,17H,2-5,7-15H2,1H3,(H,21,23). The molecule has 0 aromatic heterocycles. The minimum atomic E-state index is -0.160. The van der Waals surface area contributed by atoms with E-state index < -0.39 is 0 Å². The third-order valence-corrected chi connectivity index (χ3v) is 5.19. The molecule has 0 spiro atoms. The Hall–Kier alpha value is -1.85. The first-order chi connectivity index (χ1) is 12.6. The van der Waals surface area contributed by atoms with Crippen molar-refractivity contribution in [2.75, 3.05) is 26.2 Å². The number of rotatable bonds is 8. The molecule has 0 bridgehead atoms. The first-order valence-corrected chi connectivity index (χ1v) is 9.99. The van der Waals surface area contributed by atoms with Gasteiger partial charge in [0, 0.05) is 32.5 Å². The average Bonchev–Trinajstić information content (AvgIpc) is 2.67. The molecule has 1 aliphatic heterocycles. The Kier molecular flexibility index (Phi) is 8.65. The summed E-state index contributed by atoms with van der Waals surface area (Å²) in [7, 11) is 0. The number of nitrogens with zero attached hydrogens (tertiary/aromatic N) is 1. The highest BCUT2D eigenvalue weighted by Crippen LogP contribution is 2.20. The third kappa shape index (κ3) is 6.81. The molecule has 1 N–H and O–H groups in total. The largest absolute Gasteiger partial charge is 0.466 e. The van der Waals surface area contributed by atoms with Gasteiger partial charge in [-0.1, -0.05) is 11.6 Å². The lowest BCUT2D eigenvalue weighted by Crippen LogP contribution is -2.41. The van der Waals surface area contributed by atoms with Crippen LogP contribution in [0.5, 0.6) is 0 Å². The van der Waals surface area contributed by atoms with Crippen LogP contribution >= 0.6 is 0 Å². The van der Waals surface area contributed by atoms with E-state index in [4.69, 9.17) is 4.74 Å². The Balaban J connectivity index is 1.58. The third-order valence-electron chi connectivity index (χ3n) is 5.19. The number of hydrogen-bond donors (Lipinski definition) is 1. The lowest BCUT2D eigenvalue weighted by atomic mass is 9.96. The van der Waals surface area contributed by atoms with Gasteiger partial charge in [0.1, 0.15) is 0 Å². The van der Waals surface area contributed by atoms with Gasteiger partial charge in [0.25, 0.3) is 0 Å². The summed E-state index contributed by atoms with van der Waals surface area (Å²) in [6.45, 7) is 3.98. The number of allylic oxidation sites excluding steroid dienone is 1. The molecule has 1 aliphatic carbocycles. The molecule has 1 saturated heterocycles. The van der Waals surface area contributed by atoms with E-state index in [2.05, 4.69) is 11.4 Å². The number of ether oxygens (including phenoxy) is 1. The SMILES string of the molecule is CCOC(=O)C1CCN(C(=O)CCC(=O)NCCC2=CCCCC2)CC1. The molecule has 0 radical (unpaired) electrons. The predicted octanol–water partition coefficient (Wildman–Crippen LogP) is 2.57. The zero-order chi connectivity index (χ0) is 18.8. The van der Waals surface area contributed by atoms with Crippen molar-refractivity contribution in [3.63, 3.8) is 0 Å². The number of esters is 1. The maximum absolute atomic E-state index is 12.2. The molecule has 0 saturated carbocycles. The molecule has 1 fully saturated rings. The van der Waals surface area contributed by atoms with E-state index in [0.717, 1.165) is 19.3 Å². The summed E-state index contributed by atoms with van der Waals surface area (Å²) < 4.78 is 5.04. The van der Waals surface area contributed by atoms with Crippen LogP contribution in [0.15, 0.2) is 11.6 Å². The molecule has 0 unspecified atom stereocenters. The second-order valence-corrected chi connectivity index (χ2v) is 7.12. The zero-order valence-corrected chi connectivity index (χ0v) is 15.9. The second-order valence-electron chi connectivity index (χ2n) is 7.12. The van der Waals surface area contributed by atoms with Gasteiger partial charge in [0.05, 0.1) is 12.5 Å². The van der Waals surface area contributed by atoms with Gasteiger partial charge in [-0.15, -0.1) is 0 Å². The molecule has 0 atom stereocenters. The summed E-state index contributed by atoms with van der Waals surface area (Å²) in [4.78, 5) is 37.7. The Bertz CT molecular complexity index is 522. The second kappa shape index (κ2) is 11.0. The van der Waals surface area contributed by atoms with E-state index in [1.807, 2.05) is 0 Å². The number of hydrogen-bond acceptors (Lipinski definition) is 4. The molecule has 0 aromatic rings. The number of nitrogens with one attached hydrogen (secondary N) is 1. The molecule has 6 heteroatoms. The topological polar surface area (TPSA) is 75.7 Å². The molecule has 146 valence electrons. The van der Waals surface area contributed by atoms with Gasteiger partial charge in [-0.2, -0.15) is 0 Å². The molecular weight excluding hydrogens is 332 g/mol. The van der Waals surface area contributed by atoms with Crippen LogP contribution in [-0.2, 0) is 19.1 Å². The van der Waals surface area contributed by atoms with Crippen LogP contribution < -0.4 is 5.32 Å². The van der Waals surface area contributed by atoms with Gasteiger partial charge in [0.15, 0.2) is 0 Å². The summed E-state index contributed by atoms with van der Waals surface area (Å²) in [5, 5.41) is 2.91. The summed E-state index contributed by atoms with van der Waals surface area (Å²) >= 11 is 0. The number of piperidine rings is 1. The molecule has 6 nitrogen and oxygen atoms in total. The summed E-state index contributed by atoms with van der Waals surface area (Å²) in [5.41, 5.74) is 1.44. The van der Waals surface area contributed by atoms with Crippen LogP contribution in [0.25, 0.3) is 0 Å². The minimum absolute atomic E-state index is 0.00236. The molecule has 1 heterocycles. The molecule has 26 heavy (non-hydrogen) atoms. The van der Waals surface area contributed by atoms with Crippen molar-refractivity contribution in [3.05, 3.63) is 11.6 Å². The minimum Gasteiger partial charge on any atom is -0.466 e. The maximum atomic E-state index is 12.2. The van der Waals surface area contributed by atoms with Gasteiger partial charge in [-0.3, -0.25) is 14.4 Å². The predicted molar refractivity (Wildman–Crippen MR) is 99.3 cm³/mol. The summed E-state index contributed by atoms with van der Waals surface area (Å²) in [6.07, 6.45) is 9.79. The molecule has 2 aliphatic rings. The van der Waals surface area contributed by atoms with E-state index in [-0.39, 0.29) is 36.5 Å². The van der Waals surface area contributed by atoms with Gasteiger partial charge >= 0.3 is 5.97 Å². The van der Waals surface area contributed by atoms with Gasteiger partial charge in [-0.25, -0.2) is 0 Å². The Morgan fingerprint density at radius 1 is 1.19 bits per heavy atom. The van der Waals surface area contributed by atoms with E-state index in [1.165, 1.54) is 18.4 Å². The molecule has 0 aromatic carbocycles. The number of amides is 2. The van der Waals surface area contributed by atoms with Crippen LogP contribution in [0.4, 0.5) is 0 Å². The fraction of sp³-hybridized carbons (Fsp3) is 0.750. The quantitative estimate of drug-likeness (QED) is 0.530. The molecular formula is C20H32N2O4. The fourth-order valence-corrected chi connectivity index (χ4v) is 3.59. The summed E-state index contributed by atoms with van der Waals surface area (Å²) in [6, 6.07) is 0. The van der Waals surface area contributed by atoms with Crippen molar-refractivity contribution in [3.8, 4) is 0 Å². The number of likely N-dealkylation sites (tertiary alicyclic amines) is 1. The number of carbonyl (C=O) groups is 3. The number of carbonyl (C=O) groups excluding carboxylic acids is 3. The first kappa shape index (κ1) is 20.5. The van der Waals surface area contributed by atoms with Gasteiger partial charge in [-0.05, 0) is 51.9 Å². The lowest BCUT2D eigenvalue weighted by Gasteiger charge is -2.30. The van der Waals surface area contributed by atoms with Crippen molar-refractivity contribution in [1.82, 2.24) is 10.2 Å². The smallest absolute Gasteiger partial charge is 0.309 e. The normalized spacial score (nSPS) is 18.2. The van der Waals surface area contributed by atoms with E-state index in [0.29, 0.717) is 39.1 Å². The highest BCUT2D eigenvalue weighted by atomic mass is 16.5. The van der Waals surface area contributed by atoms with Crippen LogP contribution in [0.2, 0.25) is 0 Å². The monoisotopic (exact) mass is 364 g/mol. The Labute approximate surface area is 156 Å². The Morgan fingerprint density at radius 2 is 1.96 bits per heavy atom. The molecule has 2 rings (SSSR count). The first-order valence-electron chi connectivity index (χ1n) is 9.99. The van der Waals surface area contributed by atoms with E-state index >= 15 is 0 Å². The average molecular weight is 364 g/mol. The highest BCUT2D eigenvalue weighted by molar-refractivity contribution is 5.84. The van der Waals surface area contributed by atoms with Crippen LogP contribution in [0.1, 0.15) is 64.7 Å². The van der Waals surface area contributed by atoms with Crippen molar-refractivity contribution >= 4 is 17.8 Å². The maximum Gasteiger partial charge on any atom is 0.309 e. The van der Waals surface area contributed by atoms with Gasteiger partial charge < -0.3 is 15.0 Å². The summed E-state index contributed by atoms with van der Waals surface area (Å²) in [5.74, 6) is -0.322. The zero-order valence-electron chi connectivity index (χ0n) is 15.9. The van der Waals surface area contributed by atoms with Crippen molar-refractivity contribution in [1.29, 1.82) is 0 Å². The van der Waals surface area contributed by atoms with Gasteiger partial charge in [0.2, 0.25) is 11.8 Å². The van der Waals surface area contributed by atoms with Crippen molar-refractivity contribution in [2.24, 2.45) is 5.92 Å². The van der Waals surface area contributed by atoms with Crippen molar-refractivity contribution < 1.29 is 19.1 Å². The fourth-order valence-electron chi connectivity index (χ4n) is 3.59. The van der Waals surface area contributed by atoms with Crippen LogP contribution in [-0.4, -0.2) is 48.9 Å². The molecule has 2 amide bonds. The van der Waals surface area contributed by atoms with Crippen LogP contribution in [0.3, 0.4) is 0 Å². The Morgan fingerprint density at radius 3 is 2.62 bits per heavy atom. The lowest BCUT2D eigenvalue weighted by molar-refractivity contribution is -0.151. The van der Waals surface area contributed by atoms with Crippen LogP contribution in [0, 0.1) is 5.92 Å². The van der Waals surface area contributed by atoms with E-state index in [9.17, 15) is 14.4 Å². The highest BCUT2D eigenvalue weighted by Gasteiger charge is 2.28. The van der Waals surface area contributed by atoms with Crippen molar-refractivity contribution in [2.45, 2.75) is 64.7 Å².